The van der Waals surface area contributed by atoms with Crippen molar-refractivity contribution in [1.29, 1.82) is 0 Å². The van der Waals surface area contributed by atoms with Crippen LogP contribution in [0.4, 0.5) is 10.6 Å². The predicted molar refractivity (Wildman–Crippen MR) is 93.3 cm³/mol. The van der Waals surface area contributed by atoms with E-state index in [0.717, 1.165) is 30.5 Å². The van der Waals surface area contributed by atoms with Crippen molar-refractivity contribution in [3.05, 3.63) is 42.1 Å². The van der Waals surface area contributed by atoms with E-state index < -0.39 is 0 Å². The number of carbonyl (C=O) groups excluding carboxylic acids is 1. The molecule has 1 saturated carbocycles. The number of benzene rings is 1. The summed E-state index contributed by atoms with van der Waals surface area (Å²) in [6, 6.07) is 9.58. The molecule has 0 bridgehead atoms. The van der Waals surface area contributed by atoms with Crippen LogP contribution in [0.1, 0.15) is 24.8 Å². The van der Waals surface area contributed by atoms with Crippen LogP contribution in [0.15, 0.2) is 36.5 Å². The van der Waals surface area contributed by atoms with E-state index in [9.17, 15) is 9.90 Å². The van der Waals surface area contributed by atoms with Crippen molar-refractivity contribution in [3.8, 4) is 5.69 Å². The number of nitrogens with zero attached hydrogens (tertiary/aromatic N) is 3. The average molecular weight is 328 g/mol. The van der Waals surface area contributed by atoms with Crippen LogP contribution in [0, 0.1) is 12.8 Å². The molecule has 1 fully saturated rings. The Bertz CT molecular complexity index is 698. The Kier molecular flexibility index (Phi) is 4.85. The summed E-state index contributed by atoms with van der Waals surface area (Å²) >= 11 is 0. The lowest BCUT2D eigenvalue weighted by Gasteiger charge is -2.23. The smallest absolute Gasteiger partial charge is 0.322 e. The predicted octanol–water partition coefficient (Wildman–Crippen LogP) is 2.81. The number of nitrogens with one attached hydrogen (secondary N) is 1. The molecule has 0 aliphatic heterocycles. The molecule has 1 aromatic carbocycles. The van der Waals surface area contributed by atoms with Gasteiger partial charge in [0.05, 0.1) is 11.8 Å². The van der Waals surface area contributed by atoms with Crippen molar-refractivity contribution < 1.29 is 9.90 Å². The van der Waals surface area contributed by atoms with Gasteiger partial charge in [-0.1, -0.05) is 24.6 Å². The summed E-state index contributed by atoms with van der Waals surface area (Å²) in [6.45, 7) is 2.48. The molecule has 0 saturated heterocycles. The van der Waals surface area contributed by atoms with E-state index in [-0.39, 0.29) is 18.1 Å². The number of hydrogen-bond donors (Lipinski definition) is 2. The second kappa shape index (κ2) is 7.05. The van der Waals surface area contributed by atoms with Crippen molar-refractivity contribution in [2.24, 2.45) is 5.92 Å². The second-order valence-electron chi connectivity index (χ2n) is 6.51. The van der Waals surface area contributed by atoms with Crippen LogP contribution >= 0.6 is 0 Å². The van der Waals surface area contributed by atoms with E-state index in [1.54, 1.807) is 16.6 Å². The Morgan fingerprint density at radius 2 is 2.12 bits per heavy atom. The molecule has 1 heterocycles. The zero-order valence-electron chi connectivity index (χ0n) is 14.1. The number of aliphatic hydroxyl groups excluding tert-OH is 1. The molecule has 2 N–H and O–H groups in total. The van der Waals surface area contributed by atoms with Crippen LogP contribution < -0.4 is 5.32 Å². The van der Waals surface area contributed by atoms with Crippen LogP contribution in [0.2, 0.25) is 0 Å². The van der Waals surface area contributed by atoms with E-state index in [1.807, 2.05) is 43.5 Å². The van der Waals surface area contributed by atoms with Gasteiger partial charge in [-0.3, -0.25) is 5.32 Å². The molecule has 24 heavy (non-hydrogen) atoms. The van der Waals surface area contributed by atoms with Gasteiger partial charge < -0.3 is 10.0 Å². The molecule has 6 nitrogen and oxygen atoms in total. The monoisotopic (exact) mass is 328 g/mol. The van der Waals surface area contributed by atoms with E-state index in [1.165, 1.54) is 0 Å². The van der Waals surface area contributed by atoms with Gasteiger partial charge in [0, 0.05) is 31.3 Å². The van der Waals surface area contributed by atoms with Crippen LogP contribution in [0.5, 0.6) is 0 Å². The molecular formula is C18H24N4O2. The van der Waals surface area contributed by atoms with Gasteiger partial charge >= 0.3 is 6.03 Å². The fraction of sp³-hybridized carbons (Fsp3) is 0.444. The average Bonchev–Trinajstić information content (AvgIpc) is 3.15. The first-order valence-corrected chi connectivity index (χ1v) is 8.36. The minimum absolute atomic E-state index is 0.170. The van der Waals surface area contributed by atoms with E-state index >= 15 is 0 Å². The number of amides is 2. The highest BCUT2D eigenvalue weighted by Crippen LogP contribution is 2.26. The first-order valence-electron chi connectivity index (χ1n) is 8.36. The molecule has 2 atom stereocenters. The number of para-hydroxylation sites is 1. The van der Waals surface area contributed by atoms with Gasteiger partial charge in [0.15, 0.2) is 5.82 Å². The van der Waals surface area contributed by atoms with Crippen LogP contribution in [0.3, 0.4) is 0 Å². The third kappa shape index (κ3) is 3.59. The van der Waals surface area contributed by atoms with Crippen molar-refractivity contribution in [1.82, 2.24) is 14.7 Å². The first kappa shape index (κ1) is 16.5. The molecule has 1 aliphatic rings. The van der Waals surface area contributed by atoms with Gasteiger partial charge in [-0.25, -0.2) is 9.48 Å². The van der Waals surface area contributed by atoms with E-state index in [0.29, 0.717) is 12.4 Å². The minimum atomic E-state index is -0.292. The third-order valence-electron chi connectivity index (χ3n) is 4.62. The lowest BCUT2D eigenvalue weighted by molar-refractivity contribution is 0.116. The highest BCUT2D eigenvalue weighted by atomic mass is 16.3. The van der Waals surface area contributed by atoms with Gasteiger partial charge in [-0.05, 0) is 31.9 Å². The van der Waals surface area contributed by atoms with Crippen molar-refractivity contribution in [3.63, 3.8) is 0 Å². The Morgan fingerprint density at radius 1 is 1.38 bits per heavy atom. The van der Waals surface area contributed by atoms with Crippen LogP contribution in [-0.4, -0.2) is 45.5 Å². The number of aromatic nitrogens is 2. The zero-order valence-corrected chi connectivity index (χ0v) is 14.1. The van der Waals surface area contributed by atoms with E-state index in [2.05, 4.69) is 10.4 Å². The number of rotatable bonds is 4. The summed E-state index contributed by atoms with van der Waals surface area (Å²) in [5.74, 6) is 0.728. The number of urea groups is 1. The largest absolute Gasteiger partial charge is 0.393 e. The third-order valence-corrected chi connectivity index (χ3v) is 4.62. The molecule has 2 amide bonds. The summed E-state index contributed by atoms with van der Waals surface area (Å²) in [5, 5.41) is 17.2. The Balaban J connectivity index is 1.65. The highest BCUT2D eigenvalue weighted by molar-refractivity contribution is 5.88. The minimum Gasteiger partial charge on any atom is -0.393 e. The summed E-state index contributed by atoms with van der Waals surface area (Å²) in [7, 11) is 1.75. The Hall–Kier alpha value is -2.34. The number of aliphatic hydroxyl groups is 1. The maximum atomic E-state index is 12.4. The number of anilines is 1. The highest BCUT2D eigenvalue weighted by Gasteiger charge is 2.27. The van der Waals surface area contributed by atoms with Crippen molar-refractivity contribution in [2.75, 3.05) is 18.9 Å². The topological polar surface area (TPSA) is 70.4 Å². The first-order chi connectivity index (χ1) is 11.5. The van der Waals surface area contributed by atoms with Gasteiger partial charge in [0.2, 0.25) is 0 Å². The molecule has 128 valence electrons. The molecule has 0 spiro atoms. The molecule has 2 unspecified atom stereocenters. The second-order valence-corrected chi connectivity index (χ2v) is 6.51. The normalized spacial score (nSPS) is 20.1. The summed E-state index contributed by atoms with van der Waals surface area (Å²) in [5.41, 5.74) is 1.85. The summed E-state index contributed by atoms with van der Waals surface area (Å²) in [6.07, 6.45) is 4.44. The van der Waals surface area contributed by atoms with Gasteiger partial charge in [0.1, 0.15) is 0 Å². The fourth-order valence-corrected chi connectivity index (χ4v) is 3.16. The molecule has 1 aliphatic carbocycles. The van der Waals surface area contributed by atoms with Gasteiger partial charge in [-0.15, -0.1) is 5.10 Å². The Morgan fingerprint density at radius 3 is 2.79 bits per heavy atom. The van der Waals surface area contributed by atoms with Crippen molar-refractivity contribution in [2.45, 2.75) is 32.3 Å². The number of aryl methyl sites for hydroxylation is 1. The quantitative estimate of drug-likeness (QED) is 0.906. The summed E-state index contributed by atoms with van der Waals surface area (Å²) < 4.78 is 1.76. The van der Waals surface area contributed by atoms with Gasteiger partial charge in [-0.2, -0.15) is 0 Å². The van der Waals surface area contributed by atoms with Crippen LogP contribution in [-0.2, 0) is 0 Å². The standard InChI is InChI=1S/C18H24N4O2/c1-13-11-22(15-8-4-3-5-9-15)20-17(13)19-18(24)21(2)12-14-7-6-10-16(14)23/h3-5,8-9,11,14,16,23H,6-7,10,12H2,1-2H3,(H,19,20,24). The maximum absolute atomic E-state index is 12.4. The van der Waals surface area contributed by atoms with Crippen LogP contribution in [0.25, 0.3) is 5.69 Å². The lowest BCUT2D eigenvalue weighted by Crippen LogP contribution is -2.37. The summed E-state index contributed by atoms with van der Waals surface area (Å²) in [4.78, 5) is 14.0. The van der Waals surface area contributed by atoms with E-state index in [4.69, 9.17) is 0 Å². The number of carbonyl (C=O) groups is 1. The maximum Gasteiger partial charge on any atom is 0.322 e. The molecular weight excluding hydrogens is 304 g/mol. The van der Waals surface area contributed by atoms with Gasteiger partial charge in [0.25, 0.3) is 0 Å². The molecule has 2 aromatic rings. The lowest BCUT2D eigenvalue weighted by atomic mass is 10.1. The number of hydrogen-bond acceptors (Lipinski definition) is 3. The van der Waals surface area contributed by atoms with Crippen molar-refractivity contribution >= 4 is 11.8 Å². The zero-order chi connectivity index (χ0) is 17.1. The molecule has 0 radical (unpaired) electrons. The fourth-order valence-electron chi connectivity index (χ4n) is 3.16. The Labute approximate surface area is 142 Å². The molecule has 6 heteroatoms. The SMILES string of the molecule is Cc1cn(-c2ccccc2)nc1NC(=O)N(C)CC1CCCC1O. The molecule has 3 rings (SSSR count). The molecule has 1 aromatic heterocycles.